The van der Waals surface area contributed by atoms with Gasteiger partial charge in [0.05, 0.1) is 6.61 Å². The molecule has 44 heavy (non-hydrogen) atoms. The second-order valence-corrected chi connectivity index (χ2v) is 13.1. The molecule has 0 aliphatic carbocycles. The molecule has 0 aliphatic heterocycles. The average Bonchev–Trinajstić information content (AvgIpc) is 2.98. The van der Waals surface area contributed by atoms with Gasteiger partial charge < -0.3 is 19.3 Å². The van der Waals surface area contributed by atoms with Crippen molar-refractivity contribution >= 4 is 19.8 Å². The third-order valence-electron chi connectivity index (χ3n) is 7.47. The van der Waals surface area contributed by atoms with Crippen molar-refractivity contribution in [2.45, 2.75) is 174 Å². The van der Waals surface area contributed by atoms with Gasteiger partial charge in [0.1, 0.15) is 6.61 Å². The van der Waals surface area contributed by atoms with Crippen LogP contribution in [0.3, 0.4) is 0 Å². The fourth-order valence-electron chi connectivity index (χ4n) is 4.80. The van der Waals surface area contributed by atoms with Crippen LogP contribution in [0.2, 0.25) is 0 Å². The van der Waals surface area contributed by atoms with E-state index in [2.05, 4.69) is 42.7 Å². The maximum Gasteiger partial charge on any atom is 0.469 e. The quantitative estimate of drug-likeness (QED) is 0.0321. The number of ether oxygens (including phenoxy) is 2. The molecule has 0 rings (SSSR count). The Morgan fingerprint density at radius 1 is 0.591 bits per heavy atom. The molecular formula is C35H65O8P. The summed E-state index contributed by atoms with van der Waals surface area (Å²) in [6.45, 7) is 3.61. The first-order chi connectivity index (χ1) is 21.3. The Bertz CT molecular complexity index is 777. The first-order valence-electron chi connectivity index (χ1n) is 17.6. The summed E-state index contributed by atoms with van der Waals surface area (Å²) in [6, 6.07) is 0. The van der Waals surface area contributed by atoms with Crippen molar-refractivity contribution < 1.29 is 37.9 Å². The minimum Gasteiger partial charge on any atom is -0.462 e. The van der Waals surface area contributed by atoms with Crippen molar-refractivity contribution in [2.24, 2.45) is 0 Å². The Morgan fingerprint density at radius 3 is 1.57 bits per heavy atom. The fourth-order valence-corrected chi connectivity index (χ4v) is 5.16. The topological polar surface area (TPSA) is 119 Å². The molecule has 0 bridgehead atoms. The van der Waals surface area contributed by atoms with E-state index in [-0.39, 0.29) is 19.4 Å². The van der Waals surface area contributed by atoms with E-state index < -0.39 is 32.5 Å². The van der Waals surface area contributed by atoms with Crippen LogP contribution in [0.5, 0.6) is 0 Å². The molecule has 258 valence electrons. The van der Waals surface area contributed by atoms with Crippen molar-refractivity contribution in [1.82, 2.24) is 0 Å². The number of hydrogen-bond acceptors (Lipinski definition) is 6. The number of esters is 2. The Morgan fingerprint density at radius 2 is 1.05 bits per heavy atom. The zero-order valence-electron chi connectivity index (χ0n) is 28.1. The predicted molar refractivity (Wildman–Crippen MR) is 179 cm³/mol. The van der Waals surface area contributed by atoms with Gasteiger partial charge >= 0.3 is 19.8 Å². The lowest BCUT2D eigenvalue weighted by molar-refractivity contribution is -0.161. The maximum atomic E-state index is 12.3. The Balaban J connectivity index is 4.02. The number of allylic oxidation sites excluding steroid dienone is 4. The highest BCUT2D eigenvalue weighted by Crippen LogP contribution is 2.36. The fraction of sp³-hybridized carbons (Fsp3) is 0.829. The molecule has 0 saturated carbocycles. The van der Waals surface area contributed by atoms with Crippen LogP contribution in [0.1, 0.15) is 168 Å². The van der Waals surface area contributed by atoms with E-state index >= 15 is 0 Å². The highest BCUT2D eigenvalue weighted by Gasteiger charge is 2.22. The van der Waals surface area contributed by atoms with Crippen molar-refractivity contribution in [3.63, 3.8) is 0 Å². The van der Waals surface area contributed by atoms with E-state index in [9.17, 15) is 14.2 Å². The Labute approximate surface area is 269 Å². The SMILES string of the molecule is CCCC/C=C/C/C=C/CCCCCCCC(=O)O[C@H](COC(=O)CCCCCCCCCCCCCC)COP(=O)(O)O. The van der Waals surface area contributed by atoms with Crippen LogP contribution < -0.4 is 0 Å². The third-order valence-corrected chi connectivity index (χ3v) is 7.96. The van der Waals surface area contributed by atoms with Crippen molar-refractivity contribution in [2.75, 3.05) is 13.2 Å². The van der Waals surface area contributed by atoms with Gasteiger partial charge in [-0.25, -0.2) is 4.57 Å². The number of hydrogen-bond donors (Lipinski definition) is 2. The van der Waals surface area contributed by atoms with Gasteiger partial charge in [-0.05, 0) is 38.5 Å². The van der Waals surface area contributed by atoms with E-state index in [0.717, 1.165) is 64.2 Å². The molecule has 0 unspecified atom stereocenters. The summed E-state index contributed by atoms with van der Waals surface area (Å²) in [5.41, 5.74) is 0. The zero-order valence-corrected chi connectivity index (χ0v) is 29.0. The van der Waals surface area contributed by atoms with Gasteiger partial charge in [0.25, 0.3) is 0 Å². The van der Waals surface area contributed by atoms with E-state index in [1.165, 1.54) is 70.6 Å². The van der Waals surface area contributed by atoms with Crippen LogP contribution in [0.15, 0.2) is 24.3 Å². The number of phosphoric acid groups is 1. The van der Waals surface area contributed by atoms with E-state index in [0.29, 0.717) is 6.42 Å². The molecule has 0 aromatic heterocycles. The summed E-state index contributed by atoms with van der Waals surface area (Å²) >= 11 is 0. The first kappa shape index (κ1) is 42.5. The Kier molecular flexibility index (Phi) is 30.5. The molecule has 1 atom stereocenters. The van der Waals surface area contributed by atoms with Gasteiger partial charge in [-0.1, -0.05) is 141 Å². The normalized spacial score (nSPS) is 12.7. The van der Waals surface area contributed by atoms with Crippen LogP contribution in [0.4, 0.5) is 0 Å². The van der Waals surface area contributed by atoms with Crippen molar-refractivity contribution in [1.29, 1.82) is 0 Å². The summed E-state index contributed by atoms with van der Waals surface area (Å²) in [7, 11) is -4.75. The third kappa shape index (κ3) is 33.4. The molecule has 9 heteroatoms. The van der Waals surface area contributed by atoms with Gasteiger partial charge in [-0.3, -0.25) is 14.1 Å². The lowest BCUT2D eigenvalue weighted by Crippen LogP contribution is -2.29. The summed E-state index contributed by atoms with van der Waals surface area (Å²) in [5.74, 6) is -0.899. The number of rotatable bonds is 32. The minimum atomic E-state index is -4.75. The van der Waals surface area contributed by atoms with Gasteiger partial charge in [-0.2, -0.15) is 0 Å². The number of phosphoric ester groups is 1. The highest BCUT2D eigenvalue weighted by atomic mass is 31.2. The molecular weight excluding hydrogens is 579 g/mol. The number of unbranched alkanes of at least 4 members (excludes halogenated alkanes) is 18. The number of carbonyl (C=O) groups is 2. The molecule has 0 heterocycles. The summed E-state index contributed by atoms with van der Waals surface area (Å²) in [5, 5.41) is 0. The lowest BCUT2D eigenvalue weighted by atomic mass is 10.0. The summed E-state index contributed by atoms with van der Waals surface area (Å²) in [4.78, 5) is 42.6. The monoisotopic (exact) mass is 644 g/mol. The molecule has 2 N–H and O–H groups in total. The smallest absolute Gasteiger partial charge is 0.462 e. The van der Waals surface area contributed by atoms with Gasteiger partial charge in [0.2, 0.25) is 0 Å². The van der Waals surface area contributed by atoms with E-state index in [4.69, 9.17) is 19.3 Å². The largest absolute Gasteiger partial charge is 0.469 e. The van der Waals surface area contributed by atoms with Crippen LogP contribution >= 0.6 is 7.82 Å². The van der Waals surface area contributed by atoms with E-state index in [1.54, 1.807) is 0 Å². The molecule has 0 aliphatic rings. The van der Waals surface area contributed by atoms with Gasteiger partial charge in [0.15, 0.2) is 6.10 Å². The molecule has 0 fully saturated rings. The lowest BCUT2D eigenvalue weighted by Gasteiger charge is -2.18. The van der Waals surface area contributed by atoms with Crippen LogP contribution in [-0.2, 0) is 28.2 Å². The second kappa shape index (κ2) is 31.5. The standard InChI is InChI=1S/C35H65O8P/c1-3-5-7-9-11-13-15-17-18-20-22-24-26-28-30-35(37)43-33(32-42-44(38,39)40)31-41-34(36)29-27-25-23-21-19-16-14-12-10-8-6-4-2/h9,11,15,17,33H,3-8,10,12-14,16,18-32H2,1-2H3,(H2,38,39,40)/b11-9+,17-15+/t33-/m1/s1. The first-order valence-corrected chi connectivity index (χ1v) is 19.2. The molecule has 0 aromatic rings. The van der Waals surface area contributed by atoms with Crippen molar-refractivity contribution in [3.8, 4) is 0 Å². The molecule has 0 spiro atoms. The van der Waals surface area contributed by atoms with Crippen molar-refractivity contribution in [3.05, 3.63) is 24.3 Å². The maximum absolute atomic E-state index is 12.3. The van der Waals surface area contributed by atoms with Gasteiger partial charge in [-0.15, -0.1) is 0 Å². The zero-order chi connectivity index (χ0) is 32.6. The second-order valence-electron chi connectivity index (χ2n) is 11.8. The van der Waals surface area contributed by atoms with E-state index in [1.807, 2.05) is 0 Å². The average molecular weight is 645 g/mol. The number of carbonyl (C=O) groups excluding carboxylic acids is 2. The highest BCUT2D eigenvalue weighted by molar-refractivity contribution is 7.46. The molecule has 0 aromatic carbocycles. The predicted octanol–water partition coefficient (Wildman–Crippen LogP) is 10.1. The summed E-state index contributed by atoms with van der Waals surface area (Å²) < 4.78 is 26.2. The Hall–Kier alpha value is -1.47. The van der Waals surface area contributed by atoms with Crippen LogP contribution in [0, 0.1) is 0 Å². The van der Waals surface area contributed by atoms with Crippen LogP contribution in [-0.4, -0.2) is 41.0 Å². The molecule has 0 amide bonds. The molecule has 0 radical (unpaired) electrons. The summed E-state index contributed by atoms with van der Waals surface area (Å²) in [6.07, 6.45) is 33.2. The van der Waals surface area contributed by atoms with Gasteiger partial charge in [0, 0.05) is 12.8 Å². The minimum absolute atomic E-state index is 0.198. The van der Waals surface area contributed by atoms with Crippen LogP contribution in [0.25, 0.3) is 0 Å². The molecule has 8 nitrogen and oxygen atoms in total. The molecule has 0 saturated heterocycles.